The Balaban J connectivity index is 1.35. The molecule has 5 heteroatoms. The first-order valence-electron chi connectivity index (χ1n) is 9.76. The molecular formula is C23H26N2O3. The van der Waals surface area contributed by atoms with Crippen LogP contribution in [-0.2, 0) is 22.4 Å². The molecule has 0 saturated carbocycles. The second-order valence-electron chi connectivity index (χ2n) is 8.25. The molecule has 0 aromatic heterocycles. The molecule has 1 atom stereocenters. The number of rotatable bonds is 5. The van der Waals surface area contributed by atoms with E-state index in [1.54, 1.807) is 12.0 Å². The third kappa shape index (κ3) is 3.61. The number of ether oxygens (including phenoxy) is 1. The smallest absolute Gasteiger partial charge is 0.227 e. The second kappa shape index (κ2) is 7.30. The largest absolute Gasteiger partial charge is 0.497 e. The summed E-state index contributed by atoms with van der Waals surface area (Å²) in [5.74, 6) is 0.406. The SMILES string of the molecule is COc1ccc(N2CC(C(=O)NCC3(C)Cc4ccccc4C3)CC2=O)cc1. The van der Waals surface area contributed by atoms with Gasteiger partial charge >= 0.3 is 0 Å². The minimum absolute atomic E-state index is 0.00944. The summed E-state index contributed by atoms with van der Waals surface area (Å²) in [6.45, 7) is 3.28. The Kier molecular flexibility index (Phi) is 4.84. The molecule has 1 saturated heterocycles. The first-order valence-corrected chi connectivity index (χ1v) is 9.76. The summed E-state index contributed by atoms with van der Waals surface area (Å²) in [5, 5.41) is 3.11. The van der Waals surface area contributed by atoms with Gasteiger partial charge in [-0.15, -0.1) is 0 Å². The summed E-state index contributed by atoms with van der Waals surface area (Å²) in [4.78, 5) is 26.9. The van der Waals surface area contributed by atoms with E-state index in [1.807, 2.05) is 24.3 Å². The molecule has 2 aromatic carbocycles. The Bertz CT molecular complexity index is 866. The van der Waals surface area contributed by atoms with Gasteiger partial charge in [0.25, 0.3) is 0 Å². The maximum Gasteiger partial charge on any atom is 0.227 e. The van der Waals surface area contributed by atoms with E-state index in [1.165, 1.54) is 11.1 Å². The van der Waals surface area contributed by atoms with E-state index in [4.69, 9.17) is 4.74 Å². The van der Waals surface area contributed by atoms with Crippen molar-refractivity contribution < 1.29 is 14.3 Å². The number of hydrogen-bond acceptors (Lipinski definition) is 3. The van der Waals surface area contributed by atoms with Gasteiger partial charge in [0.05, 0.1) is 13.0 Å². The lowest BCUT2D eigenvalue weighted by Crippen LogP contribution is -2.40. The third-order valence-corrected chi connectivity index (χ3v) is 5.92. The van der Waals surface area contributed by atoms with E-state index in [-0.39, 0.29) is 29.6 Å². The average molecular weight is 378 g/mol. The van der Waals surface area contributed by atoms with Gasteiger partial charge in [0.2, 0.25) is 11.8 Å². The van der Waals surface area contributed by atoms with Crippen LogP contribution in [0.2, 0.25) is 0 Å². The molecule has 146 valence electrons. The molecule has 1 heterocycles. The van der Waals surface area contributed by atoms with Crippen molar-refractivity contribution in [3.8, 4) is 5.75 Å². The van der Waals surface area contributed by atoms with Crippen molar-refractivity contribution >= 4 is 17.5 Å². The van der Waals surface area contributed by atoms with Crippen molar-refractivity contribution in [3.05, 3.63) is 59.7 Å². The topological polar surface area (TPSA) is 58.6 Å². The molecule has 28 heavy (non-hydrogen) atoms. The summed E-state index contributed by atoms with van der Waals surface area (Å²) in [6, 6.07) is 15.8. The molecule has 1 aliphatic heterocycles. The lowest BCUT2D eigenvalue weighted by molar-refractivity contribution is -0.126. The number of nitrogens with one attached hydrogen (secondary N) is 1. The van der Waals surface area contributed by atoms with Crippen molar-refractivity contribution in [2.45, 2.75) is 26.2 Å². The highest BCUT2D eigenvalue weighted by Crippen LogP contribution is 2.36. The Morgan fingerprint density at radius 3 is 2.39 bits per heavy atom. The fourth-order valence-electron chi connectivity index (χ4n) is 4.35. The van der Waals surface area contributed by atoms with Gasteiger partial charge in [-0.3, -0.25) is 9.59 Å². The monoisotopic (exact) mass is 378 g/mol. The van der Waals surface area contributed by atoms with Gasteiger partial charge < -0.3 is 15.0 Å². The maximum absolute atomic E-state index is 12.7. The van der Waals surface area contributed by atoms with E-state index in [0.29, 0.717) is 13.1 Å². The molecule has 2 amide bonds. The van der Waals surface area contributed by atoms with E-state index in [2.05, 4.69) is 36.5 Å². The normalized spacial score (nSPS) is 20.1. The number of anilines is 1. The highest BCUT2D eigenvalue weighted by molar-refractivity contribution is 6.00. The number of hydrogen-bond donors (Lipinski definition) is 1. The van der Waals surface area contributed by atoms with Crippen molar-refractivity contribution in [2.24, 2.45) is 11.3 Å². The van der Waals surface area contributed by atoms with Gasteiger partial charge in [0, 0.05) is 25.2 Å². The number of nitrogens with zero attached hydrogens (tertiary/aromatic N) is 1. The minimum atomic E-state index is -0.304. The van der Waals surface area contributed by atoms with Crippen LogP contribution < -0.4 is 15.0 Å². The molecule has 5 nitrogen and oxygen atoms in total. The Morgan fingerprint density at radius 2 is 1.79 bits per heavy atom. The number of fused-ring (bicyclic) bond motifs is 1. The molecule has 0 radical (unpaired) electrons. The number of amides is 2. The molecular weight excluding hydrogens is 352 g/mol. The summed E-state index contributed by atoms with van der Waals surface area (Å²) >= 11 is 0. The quantitative estimate of drug-likeness (QED) is 0.870. The van der Waals surface area contributed by atoms with Crippen LogP contribution in [0.5, 0.6) is 5.75 Å². The van der Waals surface area contributed by atoms with Gasteiger partial charge in [-0.25, -0.2) is 0 Å². The lowest BCUT2D eigenvalue weighted by Gasteiger charge is -2.25. The summed E-state index contributed by atoms with van der Waals surface area (Å²) in [5.41, 5.74) is 3.60. The van der Waals surface area contributed by atoms with Crippen LogP contribution >= 0.6 is 0 Å². The van der Waals surface area contributed by atoms with Gasteiger partial charge in [-0.2, -0.15) is 0 Å². The van der Waals surface area contributed by atoms with Gasteiger partial charge in [0.15, 0.2) is 0 Å². The fraction of sp³-hybridized carbons (Fsp3) is 0.391. The molecule has 2 aliphatic rings. The zero-order valence-electron chi connectivity index (χ0n) is 16.4. The predicted octanol–water partition coefficient (Wildman–Crippen LogP) is 2.97. The van der Waals surface area contributed by atoms with E-state index < -0.39 is 0 Å². The van der Waals surface area contributed by atoms with Crippen molar-refractivity contribution in [1.82, 2.24) is 5.32 Å². The highest BCUT2D eigenvalue weighted by atomic mass is 16.5. The molecule has 1 aliphatic carbocycles. The average Bonchev–Trinajstić information content (AvgIpc) is 3.26. The van der Waals surface area contributed by atoms with Gasteiger partial charge in [-0.05, 0) is 53.6 Å². The summed E-state index contributed by atoms with van der Waals surface area (Å²) < 4.78 is 5.16. The lowest BCUT2D eigenvalue weighted by atomic mass is 9.87. The summed E-state index contributed by atoms with van der Waals surface area (Å²) in [6.07, 6.45) is 2.21. The third-order valence-electron chi connectivity index (χ3n) is 5.92. The van der Waals surface area contributed by atoms with Crippen LogP contribution in [0.15, 0.2) is 48.5 Å². The first kappa shape index (κ1) is 18.5. The molecule has 1 unspecified atom stereocenters. The molecule has 1 N–H and O–H groups in total. The number of benzene rings is 2. The van der Waals surface area contributed by atoms with Crippen molar-refractivity contribution in [2.75, 3.05) is 25.1 Å². The standard InChI is InChI=1S/C23H26N2O3/c1-23(12-16-5-3-4-6-17(16)13-23)15-24-22(27)18-11-21(26)25(14-18)19-7-9-20(28-2)10-8-19/h3-10,18H,11-15H2,1-2H3,(H,24,27). The zero-order chi connectivity index (χ0) is 19.7. The van der Waals surface area contributed by atoms with Crippen LogP contribution in [0.25, 0.3) is 0 Å². The Labute approximate surface area is 165 Å². The van der Waals surface area contributed by atoms with Crippen LogP contribution in [0.3, 0.4) is 0 Å². The highest BCUT2D eigenvalue weighted by Gasteiger charge is 2.37. The van der Waals surface area contributed by atoms with E-state index in [9.17, 15) is 9.59 Å². The van der Waals surface area contributed by atoms with E-state index >= 15 is 0 Å². The van der Waals surface area contributed by atoms with Crippen LogP contribution in [0.1, 0.15) is 24.5 Å². The van der Waals surface area contributed by atoms with Crippen LogP contribution in [-0.4, -0.2) is 32.0 Å². The molecule has 0 bridgehead atoms. The molecule has 0 spiro atoms. The summed E-state index contributed by atoms with van der Waals surface area (Å²) in [7, 11) is 1.61. The molecule has 4 rings (SSSR count). The van der Waals surface area contributed by atoms with Crippen LogP contribution in [0, 0.1) is 11.3 Å². The minimum Gasteiger partial charge on any atom is -0.497 e. The first-order chi connectivity index (χ1) is 13.5. The Morgan fingerprint density at radius 1 is 1.14 bits per heavy atom. The van der Waals surface area contributed by atoms with Crippen LogP contribution in [0.4, 0.5) is 5.69 Å². The number of methoxy groups -OCH3 is 1. The number of carbonyl (C=O) groups is 2. The molecule has 2 aromatic rings. The van der Waals surface area contributed by atoms with Gasteiger partial charge in [0.1, 0.15) is 5.75 Å². The second-order valence-corrected chi connectivity index (χ2v) is 8.25. The number of carbonyl (C=O) groups excluding carboxylic acids is 2. The fourth-order valence-corrected chi connectivity index (χ4v) is 4.35. The van der Waals surface area contributed by atoms with Crippen molar-refractivity contribution in [1.29, 1.82) is 0 Å². The molecule has 1 fully saturated rings. The zero-order valence-corrected chi connectivity index (χ0v) is 16.4. The Hall–Kier alpha value is -2.82. The van der Waals surface area contributed by atoms with Gasteiger partial charge in [-0.1, -0.05) is 31.2 Å². The predicted molar refractivity (Wildman–Crippen MR) is 108 cm³/mol. The van der Waals surface area contributed by atoms with E-state index in [0.717, 1.165) is 24.3 Å². The maximum atomic E-state index is 12.7. The van der Waals surface area contributed by atoms with Crippen molar-refractivity contribution in [3.63, 3.8) is 0 Å².